The number of hydrogen-bond acceptors (Lipinski definition) is 3. The molecule has 1 aliphatic carbocycles. The van der Waals surface area contributed by atoms with Crippen LogP contribution in [0.25, 0.3) is 11.1 Å². The summed E-state index contributed by atoms with van der Waals surface area (Å²) in [5, 5.41) is 4.03. The zero-order chi connectivity index (χ0) is 16.8. The van der Waals surface area contributed by atoms with E-state index in [0.29, 0.717) is 24.7 Å². The first-order valence-electron chi connectivity index (χ1n) is 8.71. The van der Waals surface area contributed by atoms with Crippen molar-refractivity contribution in [1.82, 2.24) is 10.1 Å². The summed E-state index contributed by atoms with van der Waals surface area (Å²) < 4.78 is 5.37. The van der Waals surface area contributed by atoms with Crippen LogP contribution in [0.3, 0.4) is 0 Å². The molecule has 1 aliphatic heterocycles. The quantitative estimate of drug-likeness (QED) is 0.701. The minimum absolute atomic E-state index is 0.0674. The van der Waals surface area contributed by atoms with Gasteiger partial charge in [-0.05, 0) is 35.1 Å². The summed E-state index contributed by atoms with van der Waals surface area (Å²) in [6.45, 7) is 1.16. The average molecular weight is 330 g/mol. The Morgan fingerprint density at radius 1 is 0.960 bits per heavy atom. The average Bonchev–Trinajstić information content (AvgIpc) is 3.41. The van der Waals surface area contributed by atoms with Crippen LogP contribution in [0.1, 0.15) is 46.1 Å². The molecule has 25 heavy (non-hydrogen) atoms. The van der Waals surface area contributed by atoms with E-state index < -0.39 is 0 Å². The zero-order valence-corrected chi connectivity index (χ0v) is 13.8. The van der Waals surface area contributed by atoms with Crippen molar-refractivity contribution in [3.05, 3.63) is 77.2 Å². The van der Waals surface area contributed by atoms with Crippen molar-refractivity contribution in [2.75, 3.05) is 0 Å². The van der Waals surface area contributed by atoms with Crippen LogP contribution in [0.5, 0.6) is 0 Å². The van der Waals surface area contributed by atoms with Gasteiger partial charge in [-0.2, -0.15) is 0 Å². The molecule has 4 heteroatoms. The maximum atomic E-state index is 13.0. The lowest BCUT2D eigenvalue weighted by atomic mass is 9.97. The van der Waals surface area contributed by atoms with Gasteiger partial charge >= 0.3 is 0 Å². The first kappa shape index (κ1) is 14.5. The lowest BCUT2D eigenvalue weighted by Crippen LogP contribution is -2.29. The summed E-state index contributed by atoms with van der Waals surface area (Å²) in [6.07, 6.45) is 2.26. The van der Waals surface area contributed by atoms with E-state index in [0.717, 1.165) is 29.7 Å². The molecule has 124 valence electrons. The summed E-state index contributed by atoms with van der Waals surface area (Å²) in [5.74, 6) is 1.24. The van der Waals surface area contributed by atoms with Gasteiger partial charge in [-0.3, -0.25) is 4.79 Å². The number of benzene rings is 2. The van der Waals surface area contributed by atoms with Gasteiger partial charge in [0.1, 0.15) is 5.76 Å². The number of hydrogen-bond donors (Lipinski definition) is 0. The smallest absolute Gasteiger partial charge is 0.276 e. The highest BCUT2D eigenvalue weighted by Gasteiger charge is 2.30. The van der Waals surface area contributed by atoms with Crippen LogP contribution in [0, 0.1) is 0 Å². The van der Waals surface area contributed by atoms with Gasteiger partial charge in [-0.1, -0.05) is 53.7 Å². The molecule has 2 aliphatic rings. The molecular formula is C21H18N2O2. The van der Waals surface area contributed by atoms with E-state index in [1.165, 1.54) is 11.1 Å². The van der Waals surface area contributed by atoms with E-state index in [4.69, 9.17) is 4.52 Å². The standard InChI is InChI=1S/C21H18N2O2/c24-21(19-11-20(25-22-19)14-9-10-14)23-12-15-5-1-3-7-17(15)18-8-4-2-6-16(18)13-23/h1-8,11,14H,9-10,12-13H2. The van der Waals surface area contributed by atoms with Crippen molar-refractivity contribution >= 4 is 5.91 Å². The maximum absolute atomic E-state index is 13.0. The van der Waals surface area contributed by atoms with Gasteiger partial charge in [0.25, 0.3) is 5.91 Å². The molecule has 0 atom stereocenters. The third-order valence-electron chi connectivity index (χ3n) is 5.06. The zero-order valence-electron chi connectivity index (χ0n) is 13.8. The molecule has 0 radical (unpaired) electrons. The topological polar surface area (TPSA) is 46.3 Å². The van der Waals surface area contributed by atoms with E-state index >= 15 is 0 Å². The molecule has 0 spiro atoms. The van der Waals surface area contributed by atoms with Gasteiger partial charge in [-0.15, -0.1) is 0 Å². The number of fused-ring (bicyclic) bond motifs is 3. The van der Waals surface area contributed by atoms with Crippen LogP contribution in [-0.4, -0.2) is 16.0 Å². The Bertz CT molecular complexity index is 908. The molecule has 2 heterocycles. The first-order valence-corrected chi connectivity index (χ1v) is 8.71. The maximum Gasteiger partial charge on any atom is 0.276 e. The Morgan fingerprint density at radius 2 is 1.56 bits per heavy atom. The summed E-state index contributed by atoms with van der Waals surface area (Å²) >= 11 is 0. The van der Waals surface area contributed by atoms with Crippen LogP contribution in [0.4, 0.5) is 0 Å². The lowest BCUT2D eigenvalue weighted by Gasteiger charge is -2.20. The highest BCUT2D eigenvalue weighted by Crippen LogP contribution is 2.40. The van der Waals surface area contributed by atoms with Crippen LogP contribution < -0.4 is 0 Å². The molecule has 2 aromatic carbocycles. The van der Waals surface area contributed by atoms with Gasteiger partial charge in [0.05, 0.1) is 0 Å². The molecular weight excluding hydrogens is 312 g/mol. The van der Waals surface area contributed by atoms with Crippen molar-refractivity contribution < 1.29 is 9.32 Å². The third-order valence-corrected chi connectivity index (χ3v) is 5.06. The number of carbonyl (C=O) groups is 1. The van der Waals surface area contributed by atoms with E-state index in [1.807, 2.05) is 35.2 Å². The Balaban J connectivity index is 1.53. The fraction of sp³-hybridized carbons (Fsp3) is 0.238. The van der Waals surface area contributed by atoms with Crippen LogP contribution in [0.2, 0.25) is 0 Å². The Kier molecular flexibility index (Phi) is 3.23. The van der Waals surface area contributed by atoms with Gasteiger partial charge in [0, 0.05) is 25.1 Å². The van der Waals surface area contributed by atoms with Gasteiger partial charge in [0.2, 0.25) is 0 Å². The second-order valence-corrected chi connectivity index (χ2v) is 6.86. The Morgan fingerprint density at radius 3 is 2.16 bits per heavy atom. The molecule has 0 N–H and O–H groups in total. The number of nitrogens with zero attached hydrogens (tertiary/aromatic N) is 2. The summed E-state index contributed by atoms with van der Waals surface area (Å²) in [7, 11) is 0. The molecule has 4 nitrogen and oxygen atoms in total. The predicted octanol–water partition coefficient (Wildman–Crippen LogP) is 4.38. The molecule has 1 fully saturated rings. The Labute approximate surface area is 146 Å². The Hall–Kier alpha value is -2.88. The van der Waals surface area contributed by atoms with Crippen LogP contribution in [0.15, 0.2) is 59.1 Å². The number of aromatic nitrogens is 1. The van der Waals surface area contributed by atoms with Crippen molar-refractivity contribution in [1.29, 1.82) is 0 Å². The molecule has 1 saturated carbocycles. The summed E-state index contributed by atoms with van der Waals surface area (Å²) in [6, 6.07) is 18.4. The largest absolute Gasteiger partial charge is 0.360 e. The highest BCUT2D eigenvalue weighted by atomic mass is 16.5. The normalized spacial score (nSPS) is 16.1. The van der Waals surface area contributed by atoms with Gasteiger partial charge < -0.3 is 9.42 Å². The fourth-order valence-electron chi connectivity index (χ4n) is 3.56. The molecule has 1 aromatic heterocycles. The van der Waals surface area contributed by atoms with Crippen molar-refractivity contribution in [3.63, 3.8) is 0 Å². The number of amides is 1. The highest BCUT2D eigenvalue weighted by molar-refractivity contribution is 5.93. The molecule has 5 rings (SSSR count). The number of carbonyl (C=O) groups excluding carboxylic acids is 1. The fourth-order valence-corrected chi connectivity index (χ4v) is 3.56. The van der Waals surface area contributed by atoms with Crippen LogP contribution >= 0.6 is 0 Å². The minimum atomic E-state index is -0.0674. The second kappa shape index (κ2) is 5.59. The SMILES string of the molecule is O=C(c1cc(C2CC2)on1)N1Cc2ccccc2-c2ccccc2C1. The number of rotatable bonds is 2. The second-order valence-electron chi connectivity index (χ2n) is 6.86. The monoisotopic (exact) mass is 330 g/mol. The van der Waals surface area contributed by atoms with E-state index in [-0.39, 0.29) is 5.91 Å². The van der Waals surface area contributed by atoms with Crippen molar-refractivity contribution in [2.24, 2.45) is 0 Å². The van der Waals surface area contributed by atoms with E-state index in [2.05, 4.69) is 29.4 Å². The van der Waals surface area contributed by atoms with Crippen molar-refractivity contribution in [3.8, 4) is 11.1 Å². The minimum Gasteiger partial charge on any atom is -0.360 e. The molecule has 1 amide bonds. The van der Waals surface area contributed by atoms with Gasteiger partial charge in [-0.25, -0.2) is 0 Å². The first-order chi connectivity index (χ1) is 12.3. The third kappa shape index (κ3) is 2.54. The van der Waals surface area contributed by atoms with Gasteiger partial charge in [0.15, 0.2) is 5.69 Å². The summed E-state index contributed by atoms with van der Waals surface area (Å²) in [4.78, 5) is 14.9. The predicted molar refractivity (Wildman–Crippen MR) is 93.9 cm³/mol. The molecule has 0 bridgehead atoms. The molecule has 3 aromatic rings. The van der Waals surface area contributed by atoms with Crippen molar-refractivity contribution in [2.45, 2.75) is 31.8 Å². The lowest BCUT2D eigenvalue weighted by molar-refractivity contribution is 0.0721. The van der Waals surface area contributed by atoms with E-state index in [9.17, 15) is 4.79 Å². The summed E-state index contributed by atoms with van der Waals surface area (Å²) in [5.41, 5.74) is 5.14. The molecule has 0 saturated heterocycles. The molecule has 0 unspecified atom stereocenters. The van der Waals surface area contributed by atoms with Crippen LogP contribution in [-0.2, 0) is 13.1 Å². The van der Waals surface area contributed by atoms with E-state index in [1.54, 1.807) is 0 Å².